The van der Waals surface area contributed by atoms with Gasteiger partial charge in [0.25, 0.3) is 10.0 Å². The Bertz CT molecular complexity index is 603. The molecule has 0 aromatic carbocycles. The summed E-state index contributed by atoms with van der Waals surface area (Å²) in [7, 11) is -1.99. The first kappa shape index (κ1) is 16.0. The molecule has 1 aromatic heterocycles. The van der Waals surface area contributed by atoms with Gasteiger partial charge in [0.05, 0.1) is 12.7 Å². The molecule has 0 radical (unpaired) electrons. The molecule has 2 rings (SSSR count). The maximum absolute atomic E-state index is 12.2. The fourth-order valence-corrected chi connectivity index (χ4v) is 4.02. The minimum atomic E-state index is -3.69. The van der Waals surface area contributed by atoms with Crippen molar-refractivity contribution in [2.75, 3.05) is 6.54 Å². The molecular formula is C13H21N3O4S. The number of aliphatic carboxylic acids is 1. The smallest absolute Gasteiger partial charge is 0.303 e. The molecule has 0 spiro atoms. The van der Waals surface area contributed by atoms with Crippen molar-refractivity contribution < 1.29 is 18.3 Å². The Morgan fingerprint density at radius 3 is 2.62 bits per heavy atom. The van der Waals surface area contributed by atoms with Gasteiger partial charge in [0.1, 0.15) is 0 Å². The van der Waals surface area contributed by atoms with Gasteiger partial charge in [0, 0.05) is 19.8 Å². The quantitative estimate of drug-likeness (QED) is 0.819. The van der Waals surface area contributed by atoms with Crippen molar-refractivity contribution in [3.05, 3.63) is 12.5 Å². The summed E-state index contributed by atoms with van der Waals surface area (Å²) in [6.07, 6.45) is 7.28. The first-order valence-corrected chi connectivity index (χ1v) is 8.51. The number of sulfonamides is 1. The number of rotatable bonds is 6. The summed E-state index contributed by atoms with van der Waals surface area (Å²) in [5, 5.41) is 9.05. The van der Waals surface area contributed by atoms with Crippen molar-refractivity contribution in [2.24, 2.45) is 12.5 Å². The molecule has 118 valence electrons. The second-order valence-corrected chi connectivity index (χ2v) is 7.55. The molecule has 1 aromatic rings. The summed E-state index contributed by atoms with van der Waals surface area (Å²) >= 11 is 0. The van der Waals surface area contributed by atoms with Gasteiger partial charge in [-0.1, -0.05) is 19.3 Å². The topological polar surface area (TPSA) is 101 Å². The Balaban J connectivity index is 2.09. The summed E-state index contributed by atoms with van der Waals surface area (Å²) in [6, 6.07) is 0. The van der Waals surface area contributed by atoms with Crippen molar-refractivity contribution in [3.8, 4) is 0 Å². The lowest BCUT2D eigenvalue weighted by atomic mass is 9.72. The number of carboxylic acid groups (broad SMARTS) is 1. The zero-order chi connectivity index (χ0) is 15.5. The summed E-state index contributed by atoms with van der Waals surface area (Å²) in [5.74, 6) is -0.881. The van der Waals surface area contributed by atoms with Gasteiger partial charge >= 0.3 is 5.97 Å². The van der Waals surface area contributed by atoms with Crippen LogP contribution in [0.5, 0.6) is 0 Å². The Hall–Kier alpha value is -1.41. The third-order valence-electron chi connectivity index (χ3n) is 4.03. The highest BCUT2D eigenvalue weighted by molar-refractivity contribution is 7.89. The Labute approximate surface area is 124 Å². The summed E-state index contributed by atoms with van der Waals surface area (Å²) in [4.78, 5) is 14.9. The third-order valence-corrected chi connectivity index (χ3v) is 5.32. The van der Waals surface area contributed by atoms with E-state index < -0.39 is 21.4 Å². The number of aryl methyl sites for hydroxylation is 1. The SMILES string of the molecule is Cn1cnc(S(=O)(=O)NCC2(CC(=O)O)CCCCC2)c1. The van der Waals surface area contributed by atoms with Gasteiger partial charge < -0.3 is 9.67 Å². The standard InChI is InChI=1S/C13H21N3O4S/c1-16-8-11(14-10-16)21(19,20)15-9-13(7-12(17)18)5-3-2-4-6-13/h8,10,15H,2-7,9H2,1H3,(H,17,18). The zero-order valence-electron chi connectivity index (χ0n) is 12.1. The number of carboxylic acids is 1. The second kappa shape index (κ2) is 6.15. The molecule has 0 bridgehead atoms. The molecule has 0 unspecified atom stereocenters. The molecule has 1 fully saturated rings. The Kier molecular flexibility index (Phi) is 4.67. The highest BCUT2D eigenvalue weighted by Crippen LogP contribution is 2.39. The van der Waals surface area contributed by atoms with Crippen LogP contribution in [0.15, 0.2) is 17.6 Å². The van der Waals surface area contributed by atoms with Crippen LogP contribution in [0.2, 0.25) is 0 Å². The first-order chi connectivity index (χ1) is 9.83. The number of hydrogen-bond acceptors (Lipinski definition) is 4. The van der Waals surface area contributed by atoms with E-state index in [0.29, 0.717) is 0 Å². The van der Waals surface area contributed by atoms with Gasteiger partial charge in [0.2, 0.25) is 0 Å². The molecule has 1 heterocycles. The van der Waals surface area contributed by atoms with Crippen LogP contribution in [0.3, 0.4) is 0 Å². The average Bonchev–Trinajstić information content (AvgIpc) is 2.85. The normalized spacial score (nSPS) is 18.5. The predicted molar refractivity (Wildman–Crippen MR) is 76.2 cm³/mol. The fraction of sp³-hybridized carbons (Fsp3) is 0.692. The largest absolute Gasteiger partial charge is 0.481 e. The van der Waals surface area contributed by atoms with Crippen LogP contribution < -0.4 is 4.72 Å². The molecule has 8 heteroatoms. The summed E-state index contributed by atoms with van der Waals surface area (Å²) < 4.78 is 28.5. The van der Waals surface area contributed by atoms with Gasteiger partial charge in [0.15, 0.2) is 5.03 Å². The molecule has 1 saturated carbocycles. The lowest BCUT2D eigenvalue weighted by molar-refractivity contribution is -0.140. The molecule has 0 saturated heterocycles. The maximum atomic E-state index is 12.2. The Morgan fingerprint density at radius 2 is 2.10 bits per heavy atom. The van der Waals surface area contributed by atoms with E-state index in [1.807, 2.05) is 0 Å². The van der Waals surface area contributed by atoms with Crippen LogP contribution in [-0.2, 0) is 21.9 Å². The summed E-state index contributed by atoms with van der Waals surface area (Å²) in [6.45, 7) is 0.151. The molecule has 0 atom stereocenters. The molecule has 0 amide bonds. The zero-order valence-corrected chi connectivity index (χ0v) is 12.9. The number of imidazole rings is 1. The van der Waals surface area contributed by atoms with E-state index in [4.69, 9.17) is 5.11 Å². The molecule has 0 aliphatic heterocycles. The van der Waals surface area contributed by atoms with Crippen LogP contribution >= 0.6 is 0 Å². The monoisotopic (exact) mass is 315 g/mol. The Morgan fingerprint density at radius 1 is 1.43 bits per heavy atom. The van der Waals surface area contributed by atoms with Crippen molar-refractivity contribution in [1.29, 1.82) is 0 Å². The number of nitrogens with one attached hydrogen (secondary N) is 1. The van der Waals surface area contributed by atoms with Crippen LogP contribution in [0.1, 0.15) is 38.5 Å². The van der Waals surface area contributed by atoms with E-state index in [2.05, 4.69) is 9.71 Å². The van der Waals surface area contributed by atoms with Crippen LogP contribution in [-0.4, -0.2) is 35.6 Å². The number of carbonyl (C=O) groups is 1. The molecular weight excluding hydrogens is 294 g/mol. The first-order valence-electron chi connectivity index (χ1n) is 7.02. The summed E-state index contributed by atoms with van der Waals surface area (Å²) in [5.41, 5.74) is -0.480. The lowest BCUT2D eigenvalue weighted by Crippen LogP contribution is -2.40. The number of nitrogens with zero attached hydrogens (tertiary/aromatic N) is 2. The van der Waals surface area contributed by atoms with Crippen LogP contribution in [0.25, 0.3) is 0 Å². The van der Waals surface area contributed by atoms with Crippen molar-refractivity contribution in [1.82, 2.24) is 14.3 Å². The van der Waals surface area contributed by atoms with E-state index >= 15 is 0 Å². The van der Waals surface area contributed by atoms with E-state index in [1.165, 1.54) is 12.5 Å². The van der Waals surface area contributed by atoms with E-state index in [-0.39, 0.29) is 18.0 Å². The molecule has 2 N–H and O–H groups in total. The van der Waals surface area contributed by atoms with Gasteiger partial charge in [-0.15, -0.1) is 0 Å². The average molecular weight is 315 g/mol. The van der Waals surface area contributed by atoms with E-state index in [0.717, 1.165) is 32.1 Å². The molecule has 1 aliphatic rings. The molecule has 1 aliphatic carbocycles. The second-order valence-electron chi connectivity index (χ2n) is 5.83. The highest BCUT2D eigenvalue weighted by atomic mass is 32.2. The third kappa shape index (κ3) is 4.04. The fourth-order valence-electron chi connectivity index (χ4n) is 2.89. The van der Waals surface area contributed by atoms with Gasteiger partial charge in [-0.25, -0.2) is 18.1 Å². The predicted octanol–water partition coefficient (Wildman–Crippen LogP) is 1.12. The van der Waals surface area contributed by atoms with Crippen molar-refractivity contribution in [2.45, 2.75) is 43.6 Å². The molecule has 21 heavy (non-hydrogen) atoms. The van der Waals surface area contributed by atoms with Crippen LogP contribution in [0.4, 0.5) is 0 Å². The minimum Gasteiger partial charge on any atom is -0.481 e. The van der Waals surface area contributed by atoms with E-state index in [1.54, 1.807) is 11.6 Å². The number of aromatic nitrogens is 2. The van der Waals surface area contributed by atoms with Crippen LogP contribution in [0, 0.1) is 5.41 Å². The van der Waals surface area contributed by atoms with Crippen molar-refractivity contribution in [3.63, 3.8) is 0 Å². The molecule has 7 nitrogen and oxygen atoms in total. The van der Waals surface area contributed by atoms with Gasteiger partial charge in [-0.05, 0) is 18.3 Å². The van der Waals surface area contributed by atoms with Gasteiger partial charge in [-0.2, -0.15) is 0 Å². The minimum absolute atomic E-state index is 0.00224. The van der Waals surface area contributed by atoms with E-state index in [9.17, 15) is 13.2 Å². The number of hydrogen-bond donors (Lipinski definition) is 2. The lowest BCUT2D eigenvalue weighted by Gasteiger charge is -2.36. The van der Waals surface area contributed by atoms with Gasteiger partial charge in [-0.3, -0.25) is 4.79 Å². The maximum Gasteiger partial charge on any atom is 0.303 e. The van der Waals surface area contributed by atoms with Crippen molar-refractivity contribution >= 4 is 16.0 Å². The highest BCUT2D eigenvalue weighted by Gasteiger charge is 2.35.